The predicted molar refractivity (Wildman–Crippen MR) is 80.3 cm³/mol. The zero-order chi connectivity index (χ0) is 13.7. The second-order valence-electron chi connectivity index (χ2n) is 6.65. The van der Waals surface area contributed by atoms with Gasteiger partial charge < -0.3 is 10.4 Å². The normalized spacial score (nSPS) is 31.1. The summed E-state index contributed by atoms with van der Waals surface area (Å²) in [5, 5.41) is 12.5. The summed E-state index contributed by atoms with van der Waals surface area (Å²) in [7, 11) is 0. The van der Waals surface area contributed by atoms with Gasteiger partial charge in [-0.15, -0.1) is 0 Å². The van der Waals surface area contributed by atoms with Gasteiger partial charge in [0.1, 0.15) is 0 Å². The van der Waals surface area contributed by atoms with Gasteiger partial charge in [0.15, 0.2) is 0 Å². The third-order valence-electron chi connectivity index (χ3n) is 5.22. The molecule has 2 N–H and O–H groups in total. The molecule has 1 saturated carbocycles. The van der Waals surface area contributed by atoms with Gasteiger partial charge in [-0.3, -0.25) is 4.90 Å². The molecule has 3 nitrogen and oxygen atoms in total. The molecule has 1 saturated heterocycles. The van der Waals surface area contributed by atoms with E-state index in [1.54, 1.807) is 0 Å². The molecule has 112 valence electrons. The van der Waals surface area contributed by atoms with Crippen molar-refractivity contribution >= 4 is 0 Å². The molecule has 0 radical (unpaired) electrons. The molecule has 19 heavy (non-hydrogen) atoms. The maximum Gasteiger partial charge on any atom is 0.0556 e. The Kier molecular flexibility index (Phi) is 6.11. The van der Waals surface area contributed by atoms with Crippen LogP contribution in [-0.4, -0.2) is 48.3 Å². The van der Waals surface area contributed by atoms with E-state index in [9.17, 15) is 0 Å². The van der Waals surface area contributed by atoms with Crippen LogP contribution in [0.25, 0.3) is 0 Å². The van der Waals surface area contributed by atoms with E-state index in [4.69, 9.17) is 5.11 Å². The van der Waals surface area contributed by atoms with E-state index >= 15 is 0 Å². The maximum absolute atomic E-state index is 9.00. The Hall–Kier alpha value is -0.120. The second kappa shape index (κ2) is 7.61. The monoisotopic (exact) mass is 268 g/mol. The SMILES string of the molecule is CCCC1CC(NCCO)CN(C(C)C2CCC2)C1. The van der Waals surface area contributed by atoms with Crippen molar-refractivity contribution in [2.45, 2.75) is 64.5 Å². The van der Waals surface area contributed by atoms with Gasteiger partial charge in [-0.25, -0.2) is 0 Å². The standard InChI is InChI=1S/C16H32N2O/c1-3-5-14-10-16(17-8-9-19)12-18(11-14)13(2)15-6-4-7-15/h13-17,19H,3-12H2,1-2H3. The lowest BCUT2D eigenvalue weighted by Crippen LogP contribution is -2.54. The molecule has 3 unspecified atom stereocenters. The molecule has 1 aliphatic heterocycles. The van der Waals surface area contributed by atoms with Crippen LogP contribution in [0.1, 0.15) is 52.4 Å². The number of aliphatic hydroxyl groups excluding tert-OH is 1. The molecule has 2 rings (SSSR count). The van der Waals surface area contributed by atoms with Gasteiger partial charge in [0.25, 0.3) is 0 Å². The highest BCUT2D eigenvalue weighted by Gasteiger charge is 2.34. The third-order valence-corrected chi connectivity index (χ3v) is 5.22. The Balaban J connectivity index is 1.88. The number of nitrogens with one attached hydrogen (secondary N) is 1. The fourth-order valence-electron chi connectivity index (χ4n) is 3.83. The third kappa shape index (κ3) is 4.17. The van der Waals surface area contributed by atoms with Crippen molar-refractivity contribution in [3.8, 4) is 0 Å². The molecular weight excluding hydrogens is 236 g/mol. The Labute approximate surface area is 118 Å². The number of aliphatic hydroxyl groups is 1. The van der Waals surface area contributed by atoms with Crippen LogP contribution in [0.15, 0.2) is 0 Å². The van der Waals surface area contributed by atoms with Crippen molar-refractivity contribution in [2.24, 2.45) is 11.8 Å². The van der Waals surface area contributed by atoms with Gasteiger partial charge in [0.05, 0.1) is 6.61 Å². The molecule has 1 heterocycles. The van der Waals surface area contributed by atoms with Crippen molar-refractivity contribution < 1.29 is 5.11 Å². The number of rotatable bonds is 7. The Morgan fingerprint density at radius 2 is 2.11 bits per heavy atom. The van der Waals surface area contributed by atoms with Gasteiger partial charge in [0.2, 0.25) is 0 Å². The van der Waals surface area contributed by atoms with E-state index in [1.165, 1.54) is 51.6 Å². The Morgan fingerprint density at radius 3 is 2.68 bits per heavy atom. The summed E-state index contributed by atoms with van der Waals surface area (Å²) < 4.78 is 0. The van der Waals surface area contributed by atoms with Gasteiger partial charge in [0, 0.05) is 31.7 Å². The Bertz CT molecular complexity index is 255. The van der Waals surface area contributed by atoms with E-state index in [0.29, 0.717) is 6.04 Å². The van der Waals surface area contributed by atoms with Gasteiger partial charge in [-0.2, -0.15) is 0 Å². The van der Waals surface area contributed by atoms with Crippen molar-refractivity contribution in [3.63, 3.8) is 0 Å². The first-order valence-corrected chi connectivity index (χ1v) is 8.32. The summed E-state index contributed by atoms with van der Waals surface area (Å²) in [6.07, 6.45) is 8.25. The largest absolute Gasteiger partial charge is 0.395 e. The summed E-state index contributed by atoms with van der Waals surface area (Å²) >= 11 is 0. The maximum atomic E-state index is 9.00. The zero-order valence-corrected chi connectivity index (χ0v) is 12.8. The molecular formula is C16H32N2O. The van der Waals surface area contributed by atoms with E-state index in [1.807, 2.05) is 0 Å². The molecule has 0 aromatic rings. The van der Waals surface area contributed by atoms with Crippen LogP contribution >= 0.6 is 0 Å². The number of piperidine rings is 1. The van der Waals surface area contributed by atoms with Crippen LogP contribution in [0.3, 0.4) is 0 Å². The summed E-state index contributed by atoms with van der Waals surface area (Å²) in [6, 6.07) is 1.34. The molecule has 3 atom stereocenters. The van der Waals surface area contributed by atoms with Gasteiger partial charge >= 0.3 is 0 Å². The molecule has 0 bridgehead atoms. The van der Waals surface area contributed by atoms with Crippen molar-refractivity contribution in [3.05, 3.63) is 0 Å². The van der Waals surface area contributed by atoms with Crippen LogP contribution in [0.2, 0.25) is 0 Å². The fraction of sp³-hybridized carbons (Fsp3) is 1.00. The van der Waals surface area contributed by atoms with Crippen LogP contribution in [0.4, 0.5) is 0 Å². The van der Waals surface area contributed by atoms with E-state index in [0.717, 1.165) is 24.4 Å². The van der Waals surface area contributed by atoms with Gasteiger partial charge in [-0.05, 0) is 44.4 Å². The van der Waals surface area contributed by atoms with Crippen molar-refractivity contribution in [1.82, 2.24) is 10.2 Å². The highest BCUT2D eigenvalue weighted by atomic mass is 16.3. The van der Waals surface area contributed by atoms with Crippen molar-refractivity contribution in [1.29, 1.82) is 0 Å². The first-order valence-electron chi connectivity index (χ1n) is 8.32. The minimum atomic E-state index is 0.257. The minimum Gasteiger partial charge on any atom is -0.395 e. The van der Waals surface area contributed by atoms with Crippen LogP contribution in [-0.2, 0) is 0 Å². The van der Waals surface area contributed by atoms with Crippen LogP contribution in [0, 0.1) is 11.8 Å². The summed E-state index contributed by atoms with van der Waals surface area (Å²) in [6.45, 7) is 8.20. The molecule has 0 spiro atoms. The molecule has 2 fully saturated rings. The fourth-order valence-corrected chi connectivity index (χ4v) is 3.83. The lowest BCUT2D eigenvalue weighted by molar-refractivity contribution is 0.0485. The average molecular weight is 268 g/mol. The number of likely N-dealkylation sites (tertiary alicyclic amines) is 1. The molecule has 2 aliphatic rings. The van der Waals surface area contributed by atoms with Crippen LogP contribution in [0.5, 0.6) is 0 Å². The van der Waals surface area contributed by atoms with E-state index in [2.05, 4.69) is 24.1 Å². The lowest BCUT2D eigenvalue weighted by Gasteiger charge is -2.45. The van der Waals surface area contributed by atoms with Gasteiger partial charge in [-0.1, -0.05) is 19.8 Å². The quantitative estimate of drug-likeness (QED) is 0.743. The molecule has 0 amide bonds. The number of nitrogens with zero attached hydrogens (tertiary/aromatic N) is 1. The molecule has 0 aromatic heterocycles. The molecule has 1 aliphatic carbocycles. The molecule has 0 aromatic carbocycles. The lowest BCUT2D eigenvalue weighted by atomic mass is 9.78. The van der Waals surface area contributed by atoms with Crippen molar-refractivity contribution in [2.75, 3.05) is 26.2 Å². The summed E-state index contributed by atoms with van der Waals surface area (Å²) in [5.74, 6) is 1.79. The summed E-state index contributed by atoms with van der Waals surface area (Å²) in [4.78, 5) is 2.72. The first kappa shape index (κ1) is 15.3. The highest BCUT2D eigenvalue weighted by Crippen LogP contribution is 2.34. The second-order valence-corrected chi connectivity index (χ2v) is 6.65. The topological polar surface area (TPSA) is 35.5 Å². The van der Waals surface area contributed by atoms with Crippen LogP contribution < -0.4 is 5.32 Å². The zero-order valence-electron chi connectivity index (χ0n) is 12.8. The molecule has 3 heteroatoms. The Morgan fingerprint density at radius 1 is 1.32 bits per heavy atom. The smallest absolute Gasteiger partial charge is 0.0556 e. The predicted octanol–water partition coefficient (Wildman–Crippen LogP) is 2.25. The minimum absolute atomic E-state index is 0.257. The first-order chi connectivity index (χ1) is 9.24. The number of hydrogen-bond acceptors (Lipinski definition) is 3. The number of hydrogen-bond donors (Lipinski definition) is 2. The van der Waals surface area contributed by atoms with E-state index in [-0.39, 0.29) is 6.61 Å². The highest BCUT2D eigenvalue weighted by molar-refractivity contribution is 4.89. The summed E-state index contributed by atoms with van der Waals surface area (Å²) in [5.41, 5.74) is 0. The average Bonchev–Trinajstić information content (AvgIpc) is 2.34. The van der Waals surface area contributed by atoms with E-state index < -0.39 is 0 Å².